The van der Waals surface area contributed by atoms with Crippen molar-refractivity contribution in [3.8, 4) is 0 Å². The largest absolute Gasteiger partial charge is 0.388 e. The van der Waals surface area contributed by atoms with Crippen LogP contribution in [0.1, 0.15) is 60.0 Å². The molecule has 4 rings (SSSR count). The maximum Gasteiger partial charge on any atom is 0.253 e. The average Bonchev–Trinajstić information content (AvgIpc) is 3.13. The highest BCUT2D eigenvalue weighted by atomic mass is 16.3. The van der Waals surface area contributed by atoms with Crippen LogP contribution in [0.3, 0.4) is 0 Å². The molecule has 1 saturated heterocycles. The molecule has 170 valence electrons. The number of carbonyl (C=O) groups excluding carboxylic acids is 1. The predicted molar refractivity (Wildman–Crippen MR) is 130 cm³/mol. The number of carbonyl (C=O) groups is 1. The number of H-pyrrole nitrogens is 1. The van der Waals surface area contributed by atoms with Crippen LogP contribution in [-0.4, -0.2) is 46.6 Å². The lowest BCUT2D eigenvalue weighted by molar-refractivity contribution is 0.0912. The fourth-order valence-electron chi connectivity index (χ4n) is 4.70. The number of nitrogens with zero attached hydrogens (tertiary/aromatic N) is 1. The molecule has 0 radical (unpaired) electrons. The lowest BCUT2D eigenvalue weighted by Crippen LogP contribution is -2.45. The summed E-state index contributed by atoms with van der Waals surface area (Å²) in [5, 5.41) is 14.6. The number of piperidine rings is 1. The topological polar surface area (TPSA) is 68.4 Å². The molecule has 1 aliphatic rings. The molecule has 1 aromatic heterocycles. The molecule has 1 fully saturated rings. The number of amides is 1. The van der Waals surface area contributed by atoms with Crippen LogP contribution in [-0.2, 0) is 6.42 Å². The Morgan fingerprint density at radius 1 is 1.16 bits per heavy atom. The zero-order chi connectivity index (χ0) is 22.7. The maximum absolute atomic E-state index is 13.2. The summed E-state index contributed by atoms with van der Waals surface area (Å²) in [5.74, 6) is 0.101. The smallest absolute Gasteiger partial charge is 0.253 e. The monoisotopic (exact) mass is 433 g/mol. The van der Waals surface area contributed by atoms with Gasteiger partial charge in [-0.1, -0.05) is 50.2 Å². The van der Waals surface area contributed by atoms with Crippen molar-refractivity contribution in [2.75, 3.05) is 19.6 Å². The third kappa shape index (κ3) is 5.05. The molecule has 3 aromatic rings. The number of rotatable bonds is 7. The first-order chi connectivity index (χ1) is 15.4. The predicted octanol–water partition coefficient (Wildman–Crippen LogP) is 4.60. The first kappa shape index (κ1) is 22.6. The Hall–Kier alpha value is -2.63. The average molecular weight is 434 g/mol. The summed E-state index contributed by atoms with van der Waals surface area (Å²) in [6.07, 6.45) is 2.47. The minimum atomic E-state index is -0.536. The molecule has 0 spiro atoms. The van der Waals surface area contributed by atoms with E-state index in [0.29, 0.717) is 5.56 Å². The van der Waals surface area contributed by atoms with Gasteiger partial charge >= 0.3 is 0 Å². The van der Waals surface area contributed by atoms with Crippen molar-refractivity contribution in [2.45, 2.75) is 52.2 Å². The van der Waals surface area contributed by atoms with Gasteiger partial charge in [-0.3, -0.25) is 4.79 Å². The van der Waals surface area contributed by atoms with Gasteiger partial charge in [0.1, 0.15) is 0 Å². The van der Waals surface area contributed by atoms with Crippen molar-refractivity contribution >= 4 is 16.8 Å². The number of aromatic nitrogens is 1. The van der Waals surface area contributed by atoms with Crippen LogP contribution < -0.4 is 5.32 Å². The molecule has 0 aliphatic carbocycles. The van der Waals surface area contributed by atoms with Gasteiger partial charge in [-0.05, 0) is 55.4 Å². The van der Waals surface area contributed by atoms with E-state index in [4.69, 9.17) is 0 Å². The highest BCUT2D eigenvalue weighted by Gasteiger charge is 2.24. The standard InChI is InChI=1S/C27H35N3O2/c1-18(2)26(31)21-9-10-24-23(17-21)25(19(3)28-24)27(32)29-22-12-15-30(16-13-22)14-11-20-7-5-4-6-8-20/h4-10,17-18,22,26,28,31H,11-16H2,1-3H3,(H,29,32). The SMILES string of the molecule is Cc1[nH]c2ccc(C(O)C(C)C)cc2c1C(=O)NC1CCN(CCc2ccccc2)CC1. The second-order valence-corrected chi connectivity index (χ2v) is 9.44. The van der Waals surface area contributed by atoms with Gasteiger partial charge in [0.15, 0.2) is 0 Å². The van der Waals surface area contributed by atoms with Crippen LogP contribution in [0.15, 0.2) is 48.5 Å². The number of aromatic amines is 1. The molecular formula is C27H35N3O2. The van der Waals surface area contributed by atoms with Crippen molar-refractivity contribution in [1.29, 1.82) is 0 Å². The van der Waals surface area contributed by atoms with Crippen molar-refractivity contribution in [3.63, 3.8) is 0 Å². The number of nitrogens with one attached hydrogen (secondary N) is 2. The third-order valence-electron chi connectivity index (χ3n) is 6.69. The van der Waals surface area contributed by atoms with Crippen LogP contribution in [0.5, 0.6) is 0 Å². The van der Waals surface area contributed by atoms with Crippen LogP contribution in [0.25, 0.3) is 10.9 Å². The number of hydrogen-bond donors (Lipinski definition) is 3. The summed E-state index contributed by atoms with van der Waals surface area (Å²) < 4.78 is 0. The van der Waals surface area contributed by atoms with Gasteiger partial charge in [0.05, 0.1) is 11.7 Å². The molecule has 2 aromatic carbocycles. The molecule has 5 heteroatoms. The molecule has 1 unspecified atom stereocenters. The zero-order valence-electron chi connectivity index (χ0n) is 19.4. The van der Waals surface area contributed by atoms with Gasteiger partial charge in [0, 0.05) is 42.3 Å². The lowest BCUT2D eigenvalue weighted by Gasteiger charge is -2.32. The van der Waals surface area contributed by atoms with Crippen LogP contribution in [0.4, 0.5) is 0 Å². The number of likely N-dealkylation sites (tertiary alicyclic amines) is 1. The summed E-state index contributed by atoms with van der Waals surface area (Å²) in [5.41, 5.74) is 4.73. The molecule has 2 heterocycles. The molecule has 32 heavy (non-hydrogen) atoms. The van der Waals surface area contributed by atoms with E-state index < -0.39 is 6.10 Å². The van der Waals surface area contributed by atoms with Crippen LogP contribution in [0, 0.1) is 12.8 Å². The lowest BCUT2D eigenvalue weighted by atomic mass is 9.97. The van der Waals surface area contributed by atoms with Crippen molar-refractivity contribution in [3.05, 3.63) is 70.9 Å². The highest BCUT2D eigenvalue weighted by molar-refractivity contribution is 6.08. The molecule has 3 N–H and O–H groups in total. The van der Waals surface area contributed by atoms with E-state index in [-0.39, 0.29) is 17.9 Å². The van der Waals surface area contributed by atoms with Gasteiger partial charge in [-0.25, -0.2) is 0 Å². The Kier molecular flexibility index (Phi) is 6.97. The molecule has 5 nitrogen and oxygen atoms in total. The molecule has 0 saturated carbocycles. The Morgan fingerprint density at radius 3 is 2.56 bits per heavy atom. The van der Waals surface area contributed by atoms with Gasteiger partial charge in [0.2, 0.25) is 0 Å². The fourth-order valence-corrected chi connectivity index (χ4v) is 4.70. The normalized spacial score (nSPS) is 16.5. The number of aliphatic hydroxyl groups is 1. The highest BCUT2D eigenvalue weighted by Crippen LogP contribution is 2.29. The van der Waals surface area contributed by atoms with E-state index in [9.17, 15) is 9.90 Å². The van der Waals surface area contributed by atoms with Crippen molar-refractivity contribution in [2.24, 2.45) is 5.92 Å². The molecule has 1 amide bonds. The Labute approximate surface area is 190 Å². The number of aryl methyl sites for hydroxylation is 1. The minimum Gasteiger partial charge on any atom is -0.388 e. The number of fused-ring (bicyclic) bond motifs is 1. The van der Waals surface area contributed by atoms with Gasteiger partial charge in [-0.2, -0.15) is 0 Å². The third-order valence-corrected chi connectivity index (χ3v) is 6.69. The fraction of sp³-hybridized carbons (Fsp3) is 0.444. The second kappa shape index (κ2) is 9.88. The maximum atomic E-state index is 13.2. The summed E-state index contributed by atoms with van der Waals surface area (Å²) in [6, 6.07) is 16.7. The van der Waals surface area contributed by atoms with Gasteiger partial charge in [0.25, 0.3) is 5.91 Å². The van der Waals surface area contributed by atoms with E-state index >= 15 is 0 Å². The van der Waals surface area contributed by atoms with Crippen molar-refractivity contribution < 1.29 is 9.90 Å². The Morgan fingerprint density at radius 2 is 1.88 bits per heavy atom. The van der Waals surface area contributed by atoms with Crippen LogP contribution >= 0.6 is 0 Å². The van der Waals surface area contributed by atoms with Crippen LogP contribution in [0.2, 0.25) is 0 Å². The first-order valence-corrected chi connectivity index (χ1v) is 11.8. The van der Waals surface area contributed by atoms with Gasteiger partial charge < -0.3 is 20.3 Å². The zero-order valence-corrected chi connectivity index (χ0v) is 19.4. The Balaban J connectivity index is 1.38. The molecule has 1 atom stereocenters. The molecule has 0 bridgehead atoms. The number of benzene rings is 2. The van der Waals surface area contributed by atoms with E-state index in [2.05, 4.69) is 45.5 Å². The molecule has 1 aliphatic heterocycles. The summed E-state index contributed by atoms with van der Waals surface area (Å²) in [7, 11) is 0. The van der Waals surface area contributed by atoms with E-state index in [0.717, 1.165) is 61.1 Å². The van der Waals surface area contributed by atoms with E-state index in [1.54, 1.807) is 0 Å². The summed E-state index contributed by atoms with van der Waals surface area (Å²) in [6.45, 7) is 9.02. The quantitative estimate of drug-likeness (QED) is 0.510. The minimum absolute atomic E-state index is 0.0207. The van der Waals surface area contributed by atoms with E-state index in [1.807, 2.05) is 39.0 Å². The van der Waals surface area contributed by atoms with Crippen molar-refractivity contribution in [1.82, 2.24) is 15.2 Å². The number of aliphatic hydroxyl groups excluding tert-OH is 1. The van der Waals surface area contributed by atoms with E-state index in [1.165, 1.54) is 5.56 Å². The molecular weight excluding hydrogens is 398 g/mol. The first-order valence-electron chi connectivity index (χ1n) is 11.8. The summed E-state index contributed by atoms with van der Waals surface area (Å²) >= 11 is 0. The number of hydrogen-bond acceptors (Lipinski definition) is 3. The summed E-state index contributed by atoms with van der Waals surface area (Å²) in [4.78, 5) is 19.0. The Bertz CT molecular complexity index is 1050. The van der Waals surface area contributed by atoms with Gasteiger partial charge in [-0.15, -0.1) is 0 Å². The second-order valence-electron chi connectivity index (χ2n) is 9.44.